The Morgan fingerprint density at radius 1 is 1.29 bits per heavy atom. The number of alkyl halides is 3. The van der Waals surface area contributed by atoms with E-state index in [1.807, 2.05) is 0 Å². The van der Waals surface area contributed by atoms with Crippen LogP contribution in [-0.2, 0) is 17.9 Å². The first-order valence-electron chi connectivity index (χ1n) is 7.06. The van der Waals surface area contributed by atoms with Gasteiger partial charge in [-0.25, -0.2) is 0 Å². The fourth-order valence-electron chi connectivity index (χ4n) is 2.54. The molecule has 1 aromatic rings. The van der Waals surface area contributed by atoms with Crippen molar-refractivity contribution in [3.05, 3.63) is 23.7 Å². The topological polar surface area (TPSA) is 54.6 Å². The van der Waals surface area contributed by atoms with Crippen LogP contribution in [0.25, 0.3) is 0 Å². The zero-order chi connectivity index (χ0) is 15.3. The van der Waals surface area contributed by atoms with Gasteiger partial charge in [-0.15, -0.1) is 0 Å². The van der Waals surface area contributed by atoms with E-state index in [1.165, 1.54) is 0 Å². The summed E-state index contributed by atoms with van der Waals surface area (Å²) in [4.78, 5) is 0. The maximum absolute atomic E-state index is 12.1. The van der Waals surface area contributed by atoms with Crippen molar-refractivity contribution in [2.24, 2.45) is 0 Å². The number of hydrogen-bond acceptors (Lipinski definition) is 4. The van der Waals surface area contributed by atoms with Gasteiger partial charge in [0, 0.05) is 6.04 Å². The van der Waals surface area contributed by atoms with Crippen LogP contribution in [-0.4, -0.2) is 30.0 Å². The predicted molar refractivity (Wildman–Crippen MR) is 69.5 cm³/mol. The molecule has 1 heterocycles. The molecule has 21 heavy (non-hydrogen) atoms. The number of hydrogen-bond donors (Lipinski definition) is 2. The molecule has 0 radical (unpaired) electrons. The fraction of sp³-hybridized carbons (Fsp3) is 0.714. The normalized spacial score (nSPS) is 23.4. The second kappa shape index (κ2) is 7.29. The van der Waals surface area contributed by atoms with Crippen molar-refractivity contribution < 1.29 is 27.4 Å². The molecular weight excluding hydrogens is 287 g/mol. The molecule has 0 saturated heterocycles. The summed E-state index contributed by atoms with van der Waals surface area (Å²) in [5.74, 6) is 1.21. The molecule has 120 valence electrons. The summed E-state index contributed by atoms with van der Waals surface area (Å²) in [6.45, 7) is -0.824. The number of halogens is 3. The third-order valence-electron chi connectivity index (χ3n) is 3.55. The molecule has 1 fully saturated rings. The maximum Gasteiger partial charge on any atom is 0.411 e. The molecule has 0 amide bonds. The highest BCUT2D eigenvalue weighted by Gasteiger charge is 2.31. The molecule has 2 rings (SSSR count). The Hall–Kier alpha value is -1.05. The maximum atomic E-state index is 12.1. The predicted octanol–water partition coefficient (Wildman–Crippen LogP) is 2.75. The molecule has 0 aliphatic heterocycles. The molecule has 2 unspecified atom stereocenters. The molecule has 0 aromatic carbocycles. The molecule has 2 atom stereocenters. The van der Waals surface area contributed by atoms with Crippen LogP contribution >= 0.6 is 0 Å². The van der Waals surface area contributed by atoms with Gasteiger partial charge in [-0.1, -0.05) is 0 Å². The van der Waals surface area contributed by atoms with Crippen molar-refractivity contribution in [1.29, 1.82) is 0 Å². The molecule has 1 aliphatic carbocycles. The lowest BCUT2D eigenvalue weighted by atomic mass is 9.93. The Labute approximate surface area is 121 Å². The molecule has 1 aromatic heterocycles. The summed E-state index contributed by atoms with van der Waals surface area (Å²) < 4.78 is 46.7. The number of aliphatic hydroxyl groups is 1. The number of furan rings is 1. The molecule has 2 N–H and O–H groups in total. The van der Waals surface area contributed by atoms with Gasteiger partial charge in [0.1, 0.15) is 24.7 Å². The Bertz CT molecular complexity index is 433. The lowest BCUT2D eigenvalue weighted by molar-refractivity contribution is -0.188. The van der Waals surface area contributed by atoms with Gasteiger partial charge in [-0.2, -0.15) is 13.2 Å². The van der Waals surface area contributed by atoms with Gasteiger partial charge >= 0.3 is 6.18 Å². The smallest absolute Gasteiger partial charge is 0.411 e. The van der Waals surface area contributed by atoms with Crippen molar-refractivity contribution in [2.45, 2.75) is 57.2 Å². The number of nitrogens with one attached hydrogen (secondary N) is 1. The van der Waals surface area contributed by atoms with Crippen molar-refractivity contribution in [2.75, 3.05) is 6.61 Å². The minimum atomic E-state index is -4.27. The van der Waals surface area contributed by atoms with E-state index in [4.69, 9.17) is 14.3 Å². The molecular formula is C14H20F3NO3. The van der Waals surface area contributed by atoms with Crippen LogP contribution in [0.4, 0.5) is 13.2 Å². The molecule has 1 aliphatic rings. The van der Waals surface area contributed by atoms with Crippen LogP contribution in [0.1, 0.15) is 37.2 Å². The zero-order valence-electron chi connectivity index (χ0n) is 11.7. The van der Waals surface area contributed by atoms with Crippen molar-refractivity contribution in [1.82, 2.24) is 5.32 Å². The average Bonchev–Trinajstić information content (AvgIpc) is 2.91. The monoisotopic (exact) mass is 307 g/mol. The zero-order valence-corrected chi connectivity index (χ0v) is 11.7. The highest BCUT2D eigenvalue weighted by atomic mass is 19.4. The van der Waals surface area contributed by atoms with E-state index in [0.717, 1.165) is 12.8 Å². The third-order valence-corrected chi connectivity index (χ3v) is 3.55. The minimum absolute atomic E-state index is 0.125. The Morgan fingerprint density at radius 3 is 2.71 bits per heavy atom. The van der Waals surface area contributed by atoms with Gasteiger partial charge in [0.2, 0.25) is 0 Å². The summed E-state index contributed by atoms with van der Waals surface area (Å²) in [5.41, 5.74) is 0. The van der Waals surface area contributed by atoms with Crippen molar-refractivity contribution in [3.8, 4) is 0 Å². The number of ether oxygens (including phenoxy) is 1. The van der Waals surface area contributed by atoms with Crippen LogP contribution in [0.15, 0.2) is 16.5 Å². The molecule has 0 bridgehead atoms. The Balaban J connectivity index is 1.73. The SMILES string of the molecule is OCc1ccc(CNC2CCCC(OCC(F)(F)F)C2)o1. The first-order valence-corrected chi connectivity index (χ1v) is 7.06. The molecule has 4 nitrogen and oxygen atoms in total. The summed E-state index contributed by atoms with van der Waals surface area (Å²) in [6, 6.07) is 3.60. The van der Waals surface area contributed by atoms with Gasteiger partial charge in [0.05, 0.1) is 12.6 Å². The first-order chi connectivity index (χ1) is 9.96. The minimum Gasteiger partial charge on any atom is -0.462 e. The summed E-state index contributed by atoms with van der Waals surface area (Å²) in [5, 5.41) is 12.2. The van der Waals surface area contributed by atoms with Gasteiger partial charge in [-0.05, 0) is 37.8 Å². The number of rotatable bonds is 6. The van der Waals surface area contributed by atoms with E-state index in [1.54, 1.807) is 12.1 Å². The standard InChI is InChI=1S/C14H20F3NO3/c15-14(16,17)9-20-11-3-1-2-10(6-11)18-7-12-4-5-13(8-19)21-12/h4-5,10-11,18-19H,1-3,6-9H2. The third kappa shape index (κ3) is 5.68. The Kier molecular flexibility index (Phi) is 5.66. The summed E-state index contributed by atoms with van der Waals surface area (Å²) >= 11 is 0. The van der Waals surface area contributed by atoms with Gasteiger partial charge in [-0.3, -0.25) is 0 Å². The largest absolute Gasteiger partial charge is 0.462 e. The van der Waals surface area contributed by atoms with Crippen LogP contribution in [0.2, 0.25) is 0 Å². The lowest BCUT2D eigenvalue weighted by Crippen LogP contribution is -2.37. The highest BCUT2D eigenvalue weighted by molar-refractivity contribution is 5.06. The van der Waals surface area contributed by atoms with Gasteiger partial charge < -0.3 is 19.6 Å². The average molecular weight is 307 g/mol. The van der Waals surface area contributed by atoms with Crippen molar-refractivity contribution in [3.63, 3.8) is 0 Å². The van der Waals surface area contributed by atoms with Crippen LogP contribution in [0.3, 0.4) is 0 Å². The van der Waals surface area contributed by atoms with E-state index in [2.05, 4.69) is 5.32 Å². The van der Waals surface area contributed by atoms with Crippen LogP contribution < -0.4 is 5.32 Å². The first kappa shape index (κ1) is 16.3. The molecule has 0 spiro atoms. The summed E-state index contributed by atoms with van der Waals surface area (Å²) in [6.07, 6.45) is -1.61. The van der Waals surface area contributed by atoms with E-state index in [-0.39, 0.29) is 18.8 Å². The summed E-state index contributed by atoms with van der Waals surface area (Å²) in [7, 11) is 0. The van der Waals surface area contributed by atoms with Crippen molar-refractivity contribution >= 4 is 0 Å². The fourth-order valence-corrected chi connectivity index (χ4v) is 2.54. The lowest BCUT2D eigenvalue weighted by Gasteiger charge is -2.30. The van der Waals surface area contributed by atoms with E-state index < -0.39 is 12.8 Å². The van der Waals surface area contributed by atoms with E-state index in [9.17, 15) is 13.2 Å². The van der Waals surface area contributed by atoms with E-state index in [0.29, 0.717) is 30.9 Å². The Morgan fingerprint density at radius 2 is 2.05 bits per heavy atom. The molecule has 1 saturated carbocycles. The number of aliphatic hydroxyl groups excluding tert-OH is 1. The second-order valence-electron chi connectivity index (χ2n) is 5.32. The van der Waals surface area contributed by atoms with Crippen LogP contribution in [0.5, 0.6) is 0 Å². The quantitative estimate of drug-likeness (QED) is 0.848. The van der Waals surface area contributed by atoms with Gasteiger partial charge in [0.25, 0.3) is 0 Å². The van der Waals surface area contributed by atoms with Crippen LogP contribution in [0, 0.1) is 0 Å². The second-order valence-corrected chi connectivity index (χ2v) is 5.32. The highest BCUT2D eigenvalue weighted by Crippen LogP contribution is 2.24. The van der Waals surface area contributed by atoms with E-state index >= 15 is 0 Å². The molecule has 7 heteroatoms. The van der Waals surface area contributed by atoms with Gasteiger partial charge in [0.15, 0.2) is 0 Å².